The van der Waals surface area contributed by atoms with Crippen LogP contribution in [0.1, 0.15) is 43.7 Å². The number of piperidine rings is 1. The van der Waals surface area contributed by atoms with Gasteiger partial charge >= 0.3 is 0 Å². The average Bonchev–Trinajstić information content (AvgIpc) is 3.46. The molecule has 0 radical (unpaired) electrons. The van der Waals surface area contributed by atoms with E-state index in [0.717, 1.165) is 52.6 Å². The first kappa shape index (κ1) is 21.0. The molecule has 0 aliphatic carbocycles. The molecule has 32 heavy (non-hydrogen) atoms. The van der Waals surface area contributed by atoms with E-state index in [2.05, 4.69) is 44.9 Å². The number of hydrogen-bond donors (Lipinski definition) is 0. The highest BCUT2D eigenvalue weighted by molar-refractivity contribution is 7.98. The number of hydrogen-bond acceptors (Lipinski definition) is 6. The first-order valence-electron chi connectivity index (χ1n) is 11.1. The van der Waals surface area contributed by atoms with Crippen LogP contribution < -0.4 is 4.74 Å². The van der Waals surface area contributed by atoms with Crippen molar-refractivity contribution in [3.05, 3.63) is 66.4 Å². The Morgan fingerprint density at radius 2 is 1.84 bits per heavy atom. The Labute approximate surface area is 192 Å². The SMILES string of the molecule is COc1ccc(-n2c(SCc3cn4ccccc4n3)nnc2[C@H](C)N2CCCCC2)cc1. The summed E-state index contributed by atoms with van der Waals surface area (Å²) in [4.78, 5) is 7.25. The van der Waals surface area contributed by atoms with Crippen LogP contribution in [-0.4, -0.2) is 49.2 Å². The molecule has 3 aromatic heterocycles. The number of ether oxygens (including phenoxy) is 1. The van der Waals surface area contributed by atoms with Crippen LogP contribution in [0.4, 0.5) is 0 Å². The fraction of sp³-hybridized carbons (Fsp3) is 0.375. The number of nitrogens with zero attached hydrogens (tertiary/aromatic N) is 6. The van der Waals surface area contributed by atoms with Crippen molar-refractivity contribution in [1.29, 1.82) is 0 Å². The number of benzene rings is 1. The van der Waals surface area contributed by atoms with E-state index in [1.165, 1.54) is 19.3 Å². The van der Waals surface area contributed by atoms with Crippen molar-refractivity contribution in [1.82, 2.24) is 29.0 Å². The second kappa shape index (κ2) is 9.34. The largest absolute Gasteiger partial charge is 0.497 e. The van der Waals surface area contributed by atoms with Crippen LogP contribution in [0, 0.1) is 0 Å². The van der Waals surface area contributed by atoms with E-state index >= 15 is 0 Å². The predicted molar refractivity (Wildman–Crippen MR) is 127 cm³/mol. The van der Waals surface area contributed by atoms with Crippen LogP contribution in [0.5, 0.6) is 5.75 Å². The van der Waals surface area contributed by atoms with Gasteiger partial charge in [0.2, 0.25) is 0 Å². The Morgan fingerprint density at radius 3 is 2.59 bits per heavy atom. The highest BCUT2D eigenvalue weighted by Gasteiger charge is 2.25. The lowest BCUT2D eigenvalue weighted by atomic mass is 10.1. The Kier molecular flexibility index (Phi) is 6.14. The molecule has 4 aromatic rings. The van der Waals surface area contributed by atoms with Gasteiger partial charge in [-0.1, -0.05) is 24.2 Å². The molecule has 1 aliphatic heterocycles. The molecular weight excluding hydrogens is 420 g/mol. The Balaban J connectivity index is 1.45. The van der Waals surface area contributed by atoms with Gasteiger partial charge in [0.1, 0.15) is 11.4 Å². The summed E-state index contributed by atoms with van der Waals surface area (Å²) >= 11 is 1.67. The summed E-state index contributed by atoms with van der Waals surface area (Å²) in [6.45, 7) is 4.46. The average molecular weight is 449 g/mol. The molecule has 4 heterocycles. The fourth-order valence-electron chi connectivity index (χ4n) is 4.28. The maximum atomic E-state index is 5.36. The molecule has 0 bridgehead atoms. The summed E-state index contributed by atoms with van der Waals surface area (Å²) in [7, 11) is 1.69. The molecule has 0 spiro atoms. The topological polar surface area (TPSA) is 60.5 Å². The first-order chi connectivity index (χ1) is 15.7. The third-order valence-electron chi connectivity index (χ3n) is 6.06. The van der Waals surface area contributed by atoms with Gasteiger partial charge in [-0.25, -0.2) is 4.98 Å². The van der Waals surface area contributed by atoms with Gasteiger partial charge in [0.05, 0.1) is 18.8 Å². The van der Waals surface area contributed by atoms with E-state index in [1.807, 2.05) is 40.9 Å². The quantitative estimate of drug-likeness (QED) is 0.380. The van der Waals surface area contributed by atoms with E-state index in [4.69, 9.17) is 9.72 Å². The number of fused-ring (bicyclic) bond motifs is 1. The number of imidazole rings is 1. The number of thioether (sulfide) groups is 1. The van der Waals surface area contributed by atoms with Gasteiger partial charge in [-0.2, -0.15) is 0 Å². The lowest BCUT2D eigenvalue weighted by molar-refractivity contribution is 0.167. The summed E-state index contributed by atoms with van der Waals surface area (Å²) in [6.07, 6.45) is 7.91. The molecule has 0 unspecified atom stereocenters. The number of likely N-dealkylation sites (tertiary alicyclic amines) is 1. The van der Waals surface area contributed by atoms with Crippen molar-refractivity contribution < 1.29 is 4.74 Å². The predicted octanol–water partition coefficient (Wildman–Crippen LogP) is 4.76. The minimum Gasteiger partial charge on any atom is -0.497 e. The molecule has 0 amide bonds. The van der Waals surface area contributed by atoms with Crippen LogP contribution in [0.3, 0.4) is 0 Å². The van der Waals surface area contributed by atoms with Crippen LogP contribution in [0.15, 0.2) is 60.0 Å². The number of methoxy groups -OCH3 is 1. The third-order valence-corrected chi connectivity index (χ3v) is 7.03. The van der Waals surface area contributed by atoms with Crippen LogP contribution in [-0.2, 0) is 5.75 Å². The molecule has 0 N–H and O–H groups in total. The Bertz CT molecular complexity index is 1150. The summed E-state index contributed by atoms with van der Waals surface area (Å²) in [6, 6.07) is 14.4. The highest BCUT2D eigenvalue weighted by Crippen LogP contribution is 2.31. The first-order valence-corrected chi connectivity index (χ1v) is 12.1. The van der Waals surface area contributed by atoms with Gasteiger partial charge in [0.25, 0.3) is 0 Å². The number of aromatic nitrogens is 5. The van der Waals surface area contributed by atoms with Crippen LogP contribution in [0.25, 0.3) is 11.3 Å². The van der Waals surface area contributed by atoms with Crippen molar-refractivity contribution in [2.24, 2.45) is 0 Å². The Morgan fingerprint density at radius 1 is 1.03 bits per heavy atom. The molecule has 7 nitrogen and oxygen atoms in total. The maximum absolute atomic E-state index is 5.36. The minimum atomic E-state index is 0.203. The number of pyridine rings is 1. The zero-order valence-corrected chi connectivity index (χ0v) is 19.3. The summed E-state index contributed by atoms with van der Waals surface area (Å²) in [5.74, 6) is 2.55. The van der Waals surface area contributed by atoms with Crippen LogP contribution in [0.2, 0.25) is 0 Å². The van der Waals surface area contributed by atoms with Gasteiger partial charge in [0, 0.05) is 23.8 Å². The monoisotopic (exact) mass is 448 g/mol. The van der Waals surface area contributed by atoms with Crippen molar-refractivity contribution in [3.8, 4) is 11.4 Å². The number of rotatable bonds is 7. The second-order valence-corrected chi connectivity index (χ2v) is 9.08. The lowest BCUT2D eigenvalue weighted by Gasteiger charge is -2.31. The van der Waals surface area contributed by atoms with Crippen molar-refractivity contribution >= 4 is 17.4 Å². The minimum absolute atomic E-state index is 0.203. The van der Waals surface area contributed by atoms with E-state index in [9.17, 15) is 0 Å². The fourth-order valence-corrected chi connectivity index (χ4v) is 5.13. The van der Waals surface area contributed by atoms with Gasteiger partial charge in [-0.05, 0) is 69.3 Å². The van der Waals surface area contributed by atoms with Gasteiger partial charge < -0.3 is 9.14 Å². The molecule has 5 rings (SSSR count). The van der Waals surface area contributed by atoms with Gasteiger partial charge in [-0.3, -0.25) is 9.47 Å². The summed E-state index contributed by atoms with van der Waals surface area (Å²) in [5, 5.41) is 10.1. The van der Waals surface area contributed by atoms with Crippen LogP contribution >= 0.6 is 11.8 Å². The highest BCUT2D eigenvalue weighted by atomic mass is 32.2. The molecule has 1 atom stereocenters. The van der Waals surface area contributed by atoms with E-state index in [0.29, 0.717) is 0 Å². The third kappa shape index (κ3) is 4.25. The second-order valence-electron chi connectivity index (χ2n) is 8.13. The summed E-state index contributed by atoms with van der Waals surface area (Å²) in [5.41, 5.74) is 3.03. The zero-order valence-electron chi connectivity index (χ0n) is 18.5. The molecule has 1 aromatic carbocycles. The molecule has 8 heteroatoms. The van der Waals surface area contributed by atoms with Gasteiger partial charge in [-0.15, -0.1) is 10.2 Å². The van der Waals surface area contributed by atoms with Crippen molar-refractivity contribution in [2.75, 3.05) is 20.2 Å². The molecule has 1 aliphatic rings. The molecule has 166 valence electrons. The maximum Gasteiger partial charge on any atom is 0.196 e. The molecular formula is C24H28N6OS. The van der Waals surface area contributed by atoms with E-state index in [1.54, 1.807) is 18.9 Å². The molecule has 1 fully saturated rings. The van der Waals surface area contributed by atoms with Crippen molar-refractivity contribution in [3.63, 3.8) is 0 Å². The van der Waals surface area contributed by atoms with E-state index < -0.39 is 0 Å². The lowest BCUT2D eigenvalue weighted by Crippen LogP contribution is -2.33. The van der Waals surface area contributed by atoms with E-state index in [-0.39, 0.29) is 6.04 Å². The standard InChI is InChI=1S/C24H28N6OS/c1-18(28-13-5-3-6-14-28)23-26-27-24(30(23)20-9-11-21(31-2)12-10-20)32-17-19-16-29-15-7-4-8-22(29)25-19/h4,7-12,15-16,18H,3,5-6,13-14,17H2,1-2H3/t18-/m0/s1. The normalized spacial score (nSPS) is 15.8. The van der Waals surface area contributed by atoms with Crippen molar-refractivity contribution in [2.45, 2.75) is 43.1 Å². The smallest absolute Gasteiger partial charge is 0.196 e. The summed E-state index contributed by atoms with van der Waals surface area (Å²) < 4.78 is 9.60. The van der Waals surface area contributed by atoms with Gasteiger partial charge in [0.15, 0.2) is 11.0 Å². The molecule has 0 saturated carbocycles. The Hall–Kier alpha value is -2.84. The molecule has 1 saturated heterocycles. The zero-order chi connectivity index (χ0) is 21.9.